The fourth-order valence-electron chi connectivity index (χ4n) is 6.58. The lowest BCUT2D eigenvalue weighted by Gasteiger charge is -2.32. The lowest BCUT2D eigenvalue weighted by Crippen LogP contribution is -2.50. The standard InChI is InChI=1S/C33H32FN7O2/c1-18-28-9-6-22(33(43)39-16-24(34)12-25(35)17-39)15-41(28)38-30(18)29-11-21-5-8-27(37-31(21)40(29)14-19-2-3-19)20-4-7-26-23(10-20)13-36-32(26)42/h4-11,15,19,24-25H,2-3,12-14,16-17,35H2,1H3,(H,36,42)/t24-,25-/m1/s1. The molecular weight excluding hydrogens is 545 g/mol. The predicted octanol–water partition coefficient (Wildman–Crippen LogP) is 4.49. The number of benzene rings is 1. The molecule has 5 aromatic rings. The summed E-state index contributed by atoms with van der Waals surface area (Å²) in [5.74, 6) is 0.339. The summed E-state index contributed by atoms with van der Waals surface area (Å²) in [5, 5.41) is 8.89. The van der Waals surface area contributed by atoms with Gasteiger partial charge >= 0.3 is 0 Å². The number of nitrogens with two attached hydrogens (primary N) is 1. The Morgan fingerprint density at radius 2 is 1.98 bits per heavy atom. The highest BCUT2D eigenvalue weighted by atomic mass is 19.1. The average Bonchev–Trinajstić information content (AvgIpc) is 3.53. The number of pyridine rings is 2. The number of hydrogen-bond acceptors (Lipinski definition) is 5. The Morgan fingerprint density at radius 3 is 2.79 bits per heavy atom. The van der Waals surface area contributed by atoms with Crippen LogP contribution in [0.2, 0.25) is 0 Å². The molecule has 1 saturated carbocycles. The van der Waals surface area contributed by atoms with Gasteiger partial charge in [-0.1, -0.05) is 6.07 Å². The van der Waals surface area contributed by atoms with E-state index in [2.05, 4.69) is 22.0 Å². The molecule has 8 rings (SSSR count). The highest BCUT2D eigenvalue weighted by Crippen LogP contribution is 2.37. The number of alkyl halides is 1. The Labute approximate surface area is 247 Å². The number of nitrogens with one attached hydrogen (secondary N) is 1. The van der Waals surface area contributed by atoms with E-state index in [-0.39, 0.29) is 30.8 Å². The first-order valence-electron chi connectivity index (χ1n) is 14.9. The van der Waals surface area contributed by atoms with E-state index in [1.807, 2.05) is 37.3 Å². The molecule has 0 bridgehead atoms. The minimum Gasteiger partial charge on any atom is -0.348 e. The van der Waals surface area contributed by atoms with Crippen molar-refractivity contribution in [3.05, 3.63) is 77.0 Å². The first kappa shape index (κ1) is 26.1. The van der Waals surface area contributed by atoms with E-state index >= 15 is 0 Å². The van der Waals surface area contributed by atoms with E-state index in [1.54, 1.807) is 16.8 Å². The Balaban J connectivity index is 1.19. The lowest BCUT2D eigenvalue weighted by molar-refractivity contribution is 0.0606. The molecule has 3 N–H and O–H groups in total. The molecule has 0 unspecified atom stereocenters. The van der Waals surface area contributed by atoms with Crippen LogP contribution in [0.3, 0.4) is 0 Å². The van der Waals surface area contributed by atoms with Gasteiger partial charge in [0.2, 0.25) is 0 Å². The number of carbonyl (C=O) groups excluding carboxylic acids is 2. The second kappa shape index (κ2) is 9.74. The monoisotopic (exact) mass is 577 g/mol. The van der Waals surface area contributed by atoms with Crippen molar-refractivity contribution in [3.8, 4) is 22.6 Å². The predicted molar refractivity (Wildman–Crippen MR) is 161 cm³/mol. The largest absolute Gasteiger partial charge is 0.348 e. The average molecular weight is 578 g/mol. The van der Waals surface area contributed by atoms with E-state index in [9.17, 15) is 14.0 Å². The van der Waals surface area contributed by atoms with Gasteiger partial charge in [0.05, 0.1) is 29.0 Å². The number of rotatable bonds is 5. The molecule has 10 heteroatoms. The molecule has 2 amide bonds. The summed E-state index contributed by atoms with van der Waals surface area (Å²) >= 11 is 0. The molecule has 2 aliphatic heterocycles. The lowest BCUT2D eigenvalue weighted by atomic mass is 10.0. The van der Waals surface area contributed by atoms with Crippen molar-refractivity contribution < 1.29 is 14.0 Å². The van der Waals surface area contributed by atoms with Crippen LogP contribution in [0.1, 0.15) is 51.1 Å². The number of hydrogen-bond donors (Lipinski definition) is 2. The Morgan fingerprint density at radius 1 is 1.12 bits per heavy atom. The SMILES string of the molecule is Cc1c(-c2cc3ccc(-c4ccc5c(c4)CNC5=O)nc3n2CC2CC2)nn2cc(C(=O)N3C[C@H](N)C[C@@H](F)C3)ccc12. The van der Waals surface area contributed by atoms with Gasteiger partial charge in [0.15, 0.2) is 0 Å². The van der Waals surface area contributed by atoms with Crippen LogP contribution >= 0.6 is 0 Å². The van der Waals surface area contributed by atoms with Gasteiger partial charge in [0.1, 0.15) is 17.5 Å². The number of fused-ring (bicyclic) bond motifs is 3. The van der Waals surface area contributed by atoms with Crippen molar-refractivity contribution in [1.29, 1.82) is 0 Å². The molecule has 1 aromatic carbocycles. The third kappa shape index (κ3) is 4.48. The summed E-state index contributed by atoms with van der Waals surface area (Å²) in [6.07, 6.45) is 3.29. The topological polar surface area (TPSA) is 111 Å². The number of amides is 2. The normalized spacial score (nSPS) is 20.2. The fraction of sp³-hybridized carbons (Fsp3) is 0.333. The second-order valence-corrected chi connectivity index (χ2v) is 12.3. The van der Waals surface area contributed by atoms with E-state index in [1.165, 1.54) is 17.7 Å². The zero-order chi connectivity index (χ0) is 29.4. The molecule has 4 aromatic heterocycles. The highest BCUT2D eigenvalue weighted by molar-refractivity contribution is 5.99. The van der Waals surface area contributed by atoms with Gasteiger partial charge in [-0.3, -0.25) is 9.59 Å². The van der Waals surface area contributed by atoms with Crippen LogP contribution in [0.5, 0.6) is 0 Å². The maximum atomic E-state index is 14.2. The quantitative estimate of drug-likeness (QED) is 0.320. The number of likely N-dealkylation sites (tertiary alicyclic amines) is 1. The zero-order valence-electron chi connectivity index (χ0n) is 23.9. The summed E-state index contributed by atoms with van der Waals surface area (Å²) in [7, 11) is 0. The van der Waals surface area contributed by atoms with Crippen molar-refractivity contribution in [2.24, 2.45) is 11.7 Å². The van der Waals surface area contributed by atoms with Crippen molar-refractivity contribution >= 4 is 28.4 Å². The third-order valence-corrected chi connectivity index (χ3v) is 9.05. The van der Waals surface area contributed by atoms with E-state index < -0.39 is 6.17 Å². The smallest absolute Gasteiger partial charge is 0.255 e. The number of aryl methyl sites for hydroxylation is 1. The van der Waals surface area contributed by atoms with Gasteiger partial charge in [0, 0.05) is 53.9 Å². The van der Waals surface area contributed by atoms with Crippen LogP contribution in [-0.4, -0.2) is 61.2 Å². The van der Waals surface area contributed by atoms with Gasteiger partial charge in [-0.15, -0.1) is 0 Å². The Kier molecular flexibility index (Phi) is 5.91. The van der Waals surface area contributed by atoms with Crippen molar-refractivity contribution in [1.82, 2.24) is 29.4 Å². The van der Waals surface area contributed by atoms with Gasteiger partial charge in [-0.2, -0.15) is 5.10 Å². The fourth-order valence-corrected chi connectivity index (χ4v) is 6.58. The van der Waals surface area contributed by atoms with Crippen LogP contribution < -0.4 is 11.1 Å². The summed E-state index contributed by atoms with van der Waals surface area (Å²) in [5.41, 5.74) is 14.7. The summed E-state index contributed by atoms with van der Waals surface area (Å²) in [4.78, 5) is 31.9. The molecule has 1 saturated heterocycles. The number of carbonyl (C=O) groups is 2. The highest BCUT2D eigenvalue weighted by Gasteiger charge is 2.30. The minimum absolute atomic E-state index is 0.0312. The van der Waals surface area contributed by atoms with E-state index in [4.69, 9.17) is 15.8 Å². The van der Waals surface area contributed by atoms with E-state index in [0.717, 1.165) is 62.4 Å². The van der Waals surface area contributed by atoms with Gasteiger partial charge < -0.3 is 20.5 Å². The summed E-state index contributed by atoms with van der Waals surface area (Å²) in [6, 6.07) is 15.5. The molecule has 2 atom stereocenters. The summed E-state index contributed by atoms with van der Waals surface area (Å²) < 4.78 is 18.2. The van der Waals surface area contributed by atoms with E-state index in [0.29, 0.717) is 24.6 Å². The maximum Gasteiger partial charge on any atom is 0.255 e. The van der Waals surface area contributed by atoms with Gasteiger partial charge in [-0.05, 0) is 80.1 Å². The van der Waals surface area contributed by atoms with Crippen LogP contribution in [0.4, 0.5) is 4.39 Å². The first-order valence-corrected chi connectivity index (χ1v) is 14.9. The third-order valence-electron chi connectivity index (χ3n) is 9.05. The Hall–Kier alpha value is -4.57. The number of piperidine rings is 1. The zero-order valence-corrected chi connectivity index (χ0v) is 23.9. The Bertz CT molecular complexity index is 1950. The van der Waals surface area contributed by atoms with Crippen molar-refractivity contribution in [3.63, 3.8) is 0 Å². The minimum atomic E-state index is -1.11. The number of aromatic nitrogens is 4. The van der Waals surface area contributed by atoms with Crippen molar-refractivity contribution in [2.75, 3.05) is 13.1 Å². The van der Waals surface area contributed by atoms with Crippen LogP contribution in [0, 0.1) is 12.8 Å². The first-order chi connectivity index (χ1) is 20.8. The molecule has 6 heterocycles. The summed E-state index contributed by atoms with van der Waals surface area (Å²) in [6.45, 7) is 3.85. The molecule has 0 spiro atoms. The van der Waals surface area contributed by atoms with Gasteiger partial charge in [-0.25, -0.2) is 13.9 Å². The van der Waals surface area contributed by atoms with Crippen LogP contribution in [0.25, 0.3) is 39.2 Å². The second-order valence-electron chi connectivity index (χ2n) is 12.3. The maximum absolute atomic E-state index is 14.2. The molecule has 0 radical (unpaired) electrons. The van der Waals surface area contributed by atoms with Gasteiger partial charge in [0.25, 0.3) is 11.8 Å². The molecule has 218 valence electrons. The molecule has 2 fully saturated rings. The molecular formula is C33H32FN7O2. The molecule has 9 nitrogen and oxygen atoms in total. The number of nitrogens with zero attached hydrogens (tertiary/aromatic N) is 5. The number of halogens is 1. The molecule has 43 heavy (non-hydrogen) atoms. The van der Waals surface area contributed by atoms with Crippen LogP contribution in [0.15, 0.2) is 54.7 Å². The molecule has 1 aliphatic carbocycles. The van der Waals surface area contributed by atoms with Crippen molar-refractivity contribution in [2.45, 2.75) is 51.5 Å². The van der Waals surface area contributed by atoms with Crippen LogP contribution in [-0.2, 0) is 13.1 Å². The molecule has 3 aliphatic rings.